The third-order valence-electron chi connectivity index (χ3n) is 5.18. The fraction of sp³-hybridized carbons (Fsp3) is 0.391. The lowest BCUT2D eigenvalue weighted by molar-refractivity contribution is -0.123. The van der Waals surface area contributed by atoms with E-state index in [0.29, 0.717) is 18.9 Å². The first-order chi connectivity index (χ1) is 15.2. The van der Waals surface area contributed by atoms with Gasteiger partial charge in [0, 0.05) is 39.3 Å². The lowest BCUT2D eigenvalue weighted by atomic mass is 10.3. The van der Waals surface area contributed by atoms with Crippen LogP contribution >= 0.6 is 11.3 Å². The van der Waals surface area contributed by atoms with Gasteiger partial charge in [-0.15, -0.1) is 0 Å². The zero-order valence-corrected chi connectivity index (χ0v) is 18.6. The molecule has 0 atom stereocenters. The zero-order valence-electron chi connectivity index (χ0n) is 17.8. The van der Waals surface area contributed by atoms with Crippen molar-refractivity contribution in [2.75, 3.05) is 57.4 Å². The molecule has 1 aromatic heterocycles. The molecule has 3 aromatic rings. The van der Waals surface area contributed by atoms with Crippen LogP contribution in [0.4, 0.5) is 5.13 Å². The number of hydrogen-bond acceptors (Lipinski definition) is 7. The summed E-state index contributed by atoms with van der Waals surface area (Å²) in [5.74, 6) is 1.46. The average Bonchev–Trinajstić information content (AvgIpc) is 3.24. The van der Waals surface area contributed by atoms with Crippen molar-refractivity contribution in [3.8, 4) is 11.5 Å². The van der Waals surface area contributed by atoms with Crippen LogP contribution in [0.5, 0.6) is 11.5 Å². The number of nitrogens with one attached hydrogen (secondary N) is 1. The van der Waals surface area contributed by atoms with Gasteiger partial charge in [-0.05, 0) is 31.2 Å². The number of benzene rings is 2. The Morgan fingerprint density at radius 2 is 1.87 bits per heavy atom. The number of carbonyl (C=O) groups is 1. The highest BCUT2D eigenvalue weighted by molar-refractivity contribution is 7.22. The van der Waals surface area contributed by atoms with Gasteiger partial charge >= 0.3 is 0 Å². The quantitative estimate of drug-likeness (QED) is 0.552. The molecule has 0 unspecified atom stereocenters. The van der Waals surface area contributed by atoms with Gasteiger partial charge in [-0.3, -0.25) is 9.69 Å². The molecule has 7 nitrogen and oxygen atoms in total. The van der Waals surface area contributed by atoms with Crippen molar-refractivity contribution in [3.05, 3.63) is 48.5 Å². The summed E-state index contributed by atoms with van der Waals surface area (Å²) in [5, 5.41) is 3.98. The second-order valence-corrected chi connectivity index (χ2v) is 8.32. The largest absolute Gasteiger partial charge is 0.492 e. The molecule has 1 N–H and O–H groups in total. The first-order valence-corrected chi connectivity index (χ1v) is 11.5. The predicted molar refractivity (Wildman–Crippen MR) is 124 cm³/mol. The highest BCUT2D eigenvalue weighted by Gasteiger charge is 2.20. The number of fused-ring (bicyclic) bond motifs is 1. The number of nitrogens with zero attached hydrogens (tertiary/aromatic N) is 3. The summed E-state index contributed by atoms with van der Waals surface area (Å²) in [6.45, 7) is 7.87. The predicted octanol–water partition coefficient (Wildman–Crippen LogP) is 3.01. The van der Waals surface area contributed by atoms with E-state index in [1.807, 2.05) is 49.4 Å². The molecule has 1 saturated heterocycles. The average molecular weight is 441 g/mol. The molecule has 0 bridgehead atoms. The minimum Gasteiger partial charge on any atom is -0.492 e. The van der Waals surface area contributed by atoms with Crippen molar-refractivity contribution >= 4 is 32.6 Å². The molecule has 1 aliphatic heterocycles. The number of carbonyl (C=O) groups excluding carboxylic acids is 1. The lowest BCUT2D eigenvalue weighted by Gasteiger charge is -2.34. The molecule has 2 heterocycles. The molecular weight excluding hydrogens is 412 g/mol. The van der Waals surface area contributed by atoms with Crippen molar-refractivity contribution < 1.29 is 14.3 Å². The van der Waals surface area contributed by atoms with Crippen LogP contribution in [0.2, 0.25) is 0 Å². The molecule has 31 heavy (non-hydrogen) atoms. The van der Waals surface area contributed by atoms with Crippen molar-refractivity contribution in [2.45, 2.75) is 6.92 Å². The standard InChI is InChI=1S/C23H28N4O3S/c1-2-29-19-9-6-10-20-22(19)25-23(31-20)27-15-13-26(14-16-27)12-11-24-21(28)17-30-18-7-4-3-5-8-18/h3-10H,2,11-17H2,1H3,(H,24,28). The minimum atomic E-state index is -0.0953. The highest BCUT2D eigenvalue weighted by atomic mass is 32.1. The number of anilines is 1. The molecule has 0 saturated carbocycles. The molecule has 1 amide bonds. The maximum Gasteiger partial charge on any atom is 0.257 e. The number of para-hydroxylation sites is 2. The maximum absolute atomic E-state index is 12.0. The van der Waals surface area contributed by atoms with Gasteiger partial charge in [0.1, 0.15) is 17.0 Å². The van der Waals surface area contributed by atoms with Crippen molar-refractivity contribution in [1.82, 2.24) is 15.2 Å². The van der Waals surface area contributed by atoms with Gasteiger partial charge in [-0.2, -0.15) is 0 Å². The number of piperazine rings is 1. The molecular formula is C23H28N4O3S. The Morgan fingerprint density at radius 3 is 2.65 bits per heavy atom. The normalized spacial score (nSPS) is 14.5. The Balaban J connectivity index is 1.20. The van der Waals surface area contributed by atoms with Gasteiger partial charge in [0.15, 0.2) is 11.7 Å². The maximum atomic E-state index is 12.0. The van der Waals surface area contributed by atoms with E-state index in [1.54, 1.807) is 11.3 Å². The Morgan fingerprint density at radius 1 is 1.06 bits per heavy atom. The molecule has 1 fully saturated rings. The van der Waals surface area contributed by atoms with Gasteiger partial charge in [0.2, 0.25) is 0 Å². The van der Waals surface area contributed by atoms with Gasteiger partial charge < -0.3 is 19.7 Å². The molecule has 0 aliphatic carbocycles. The fourth-order valence-electron chi connectivity index (χ4n) is 3.55. The molecule has 8 heteroatoms. The monoisotopic (exact) mass is 440 g/mol. The highest BCUT2D eigenvalue weighted by Crippen LogP contribution is 2.34. The van der Waals surface area contributed by atoms with Gasteiger partial charge in [-0.25, -0.2) is 4.98 Å². The summed E-state index contributed by atoms with van der Waals surface area (Å²) in [7, 11) is 0. The second-order valence-electron chi connectivity index (χ2n) is 7.31. The summed E-state index contributed by atoms with van der Waals surface area (Å²) in [5.41, 5.74) is 0.951. The Hall–Kier alpha value is -2.84. The first-order valence-electron chi connectivity index (χ1n) is 10.7. The number of ether oxygens (including phenoxy) is 2. The molecule has 4 rings (SSSR count). The summed E-state index contributed by atoms with van der Waals surface area (Å²) in [6, 6.07) is 15.5. The number of thiazole rings is 1. The van der Waals surface area contributed by atoms with Gasteiger partial charge in [0.25, 0.3) is 5.91 Å². The van der Waals surface area contributed by atoms with Crippen LogP contribution in [-0.2, 0) is 4.79 Å². The smallest absolute Gasteiger partial charge is 0.257 e. The van der Waals surface area contributed by atoms with Crippen LogP contribution in [0, 0.1) is 0 Å². The zero-order chi connectivity index (χ0) is 21.5. The Labute approximate surface area is 186 Å². The van der Waals surface area contributed by atoms with Crippen LogP contribution < -0.4 is 19.7 Å². The van der Waals surface area contributed by atoms with E-state index >= 15 is 0 Å². The third-order valence-corrected chi connectivity index (χ3v) is 6.26. The lowest BCUT2D eigenvalue weighted by Crippen LogP contribution is -2.48. The number of amides is 1. The van der Waals surface area contributed by atoms with Gasteiger partial charge in [0.05, 0.1) is 11.3 Å². The first kappa shape index (κ1) is 21.4. The van der Waals surface area contributed by atoms with Crippen LogP contribution in [0.1, 0.15) is 6.92 Å². The summed E-state index contributed by atoms with van der Waals surface area (Å²) in [6.07, 6.45) is 0. The van der Waals surface area contributed by atoms with Crippen LogP contribution in [0.15, 0.2) is 48.5 Å². The van der Waals surface area contributed by atoms with E-state index in [0.717, 1.165) is 53.8 Å². The van der Waals surface area contributed by atoms with E-state index < -0.39 is 0 Å². The van der Waals surface area contributed by atoms with E-state index in [4.69, 9.17) is 14.5 Å². The molecule has 0 radical (unpaired) electrons. The summed E-state index contributed by atoms with van der Waals surface area (Å²) < 4.78 is 12.3. The summed E-state index contributed by atoms with van der Waals surface area (Å²) in [4.78, 5) is 21.5. The van der Waals surface area contributed by atoms with E-state index in [1.165, 1.54) is 0 Å². The third kappa shape index (κ3) is 5.65. The number of aromatic nitrogens is 1. The number of hydrogen-bond donors (Lipinski definition) is 1. The van der Waals surface area contributed by atoms with Crippen molar-refractivity contribution in [2.24, 2.45) is 0 Å². The van der Waals surface area contributed by atoms with E-state index in [9.17, 15) is 4.79 Å². The second kappa shape index (κ2) is 10.5. The van der Waals surface area contributed by atoms with Crippen LogP contribution in [0.3, 0.4) is 0 Å². The summed E-state index contributed by atoms with van der Waals surface area (Å²) >= 11 is 1.72. The van der Waals surface area contributed by atoms with Crippen LogP contribution in [-0.4, -0.2) is 68.3 Å². The van der Waals surface area contributed by atoms with Gasteiger partial charge in [-0.1, -0.05) is 35.6 Å². The molecule has 1 aliphatic rings. The van der Waals surface area contributed by atoms with E-state index in [-0.39, 0.29) is 12.5 Å². The fourth-order valence-corrected chi connectivity index (χ4v) is 4.59. The topological polar surface area (TPSA) is 66.9 Å². The number of rotatable bonds is 9. The van der Waals surface area contributed by atoms with E-state index in [2.05, 4.69) is 21.2 Å². The molecule has 2 aromatic carbocycles. The molecule has 164 valence electrons. The van der Waals surface area contributed by atoms with Crippen molar-refractivity contribution in [1.29, 1.82) is 0 Å². The Bertz CT molecular complexity index is 987. The minimum absolute atomic E-state index is 0.0408. The Kier molecular flexibility index (Phi) is 7.22. The SMILES string of the molecule is CCOc1cccc2sc(N3CCN(CCNC(=O)COc4ccccc4)CC3)nc12. The van der Waals surface area contributed by atoms with Crippen LogP contribution in [0.25, 0.3) is 10.2 Å². The van der Waals surface area contributed by atoms with Crippen molar-refractivity contribution in [3.63, 3.8) is 0 Å². The molecule has 0 spiro atoms.